The summed E-state index contributed by atoms with van der Waals surface area (Å²) in [5.41, 5.74) is 0.663. The normalized spacial score (nSPS) is 15.3. The molecule has 80 valence electrons. The molecule has 0 saturated heterocycles. The number of thioether (sulfide) groups is 1. The monoisotopic (exact) mass is 280 g/mol. The van der Waals surface area contributed by atoms with Crippen molar-refractivity contribution in [3.63, 3.8) is 0 Å². The molecule has 6 heteroatoms. The van der Waals surface area contributed by atoms with Gasteiger partial charge in [0.05, 0.1) is 22.3 Å². The maximum Gasteiger partial charge on any atom is 0.161 e. The van der Waals surface area contributed by atoms with Crippen molar-refractivity contribution < 1.29 is 0 Å². The van der Waals surface area contributed by atoms with E-state index < -0.39 is 0 Å². The molecule has 0 fully saturated rings. The molecule has 1 aliphatic rings. The molecule has 0 aliphatic carbocycles. The molecule has 0 radical (unpaired) electrons. The average molecular weight is 282 g/mol. The average Bonchev–Trinajstić information content (AvgIpc) is 2.63. The van der Waals surface area contributed by atoms with Crippen LogP contribution in [0.3, 0.4) is 0 Å². The molecule has 0 unspecified atom stereocenters. The minimum absolute atomic E-state index is 0.503. The third kappa shape index (κ3) is 2.72. The number of hydrogen-bond donors (Lipinski definition) is 1. The van der Waals surface area contributed by atoms with Gasteiger partial charge < -0.3 is 5.32 Å². The third-order valence-electron chi connectivity index (χ3n) is 1.82. The van der Waals surface area contributed by atoms with Crippen molar-refractivity contribution in [3.05, 3.63) is 27.2 Å². The number of nitrogens with zero attached hydrogens (tertiary/aromatic N) is 1. The van der Waals surface area contributed by atoms with E-state index >= 15 is 0 Å². The van der Waals surface area contributed by atoms with Crippen molar-refractivity contribution in [3.8, 4) is 0 Å². The number of rotatable bonds is 1. The number of aliphatic imine (C=N–C) groups is 1. The van der Waals surface area contributed by atoms with E-state index in [-0.39, 0.29) is 0 Å². The highest BCUT2D eigenvalue weighted by Gasteiger charge is 2.12. The predicted octanol–water partition coefficient (Wildman–Crippen LogP) is 4.16. The zero-order valence-corrected chi connectivity index (χ0v) is 10.6. The van der Waals surface area contributed by atoms with Crippen LogP contribution in [0.1, 0.15) is 0 Å². The van der Waals surface area contributed by atoms with Gasteiger partial charge in [0.25, 0.3) is 0 Å². The molecular formula is C9H7Cl3N2S. The van der Waals surface area contributed by atoms with E-state index in [1.54, 1.807) is 23.9 Å². The van der Waals surface area contributed by atoms with E-state index in [9.17, 15) is 0 Å². The topological polar surface area (TPSA) is 24.4 Å². The summed E-state index contributed by atoms with van der Waals surface area (Å²) in [6.45, 7) is 0.829. The second-order valence-corrected chi connectivity index (χ2v) is 5.24. The minimum atomic E-state index is 0.503. The first kappa shape index (κ1) is 11.4. The second-order valence-electron chi connectivity index (χ2n) is 2.90. The summed E-state index contributed by atoms with van der Waals surface area (Å²) >= 11 is 19.5. The number of halogens is 3. The Hall–Kier alpha value is -0.0900. The SMILES string of the molecule is Clc1cc(Cl)c(NC2=NCCS2)c(Cl)c1. The molecule has 0 atom stereocenters. The second kappa shape index (κ2) is 4.83. The lowest BCUT2D eigenvalue weighted by Gasteiger charge is -2.09. The molecule has 1 heterocycles. The molecule has 0 amide bonds. The van der Waals surface area contributed by atoms with Crippen molar-refractivity contribution in [1.82, 2.24) is 0 Å². The van der Waals surface area contributed by atoms with Gasteiger partial charge in [-0.05, 0) is 12.1 Å². The molecule has 0 spiro atoms. The smallest absolute Gasteiger partial charge is 0.161 e. The molecule has 0 saturated carbocycles. The van der Waals surface area contributed by atoms with Gasteiger partial charge in [0, 0.05) is 10.8 Å². The van der Waals surface area contributed by atoms with Gasteiger partial charge in [0.1, 0.15) is 0 Å². The quantitative estimate of drug-likeness (QED) is 0.836. The maximum atomic E-state index is 6.02. The predicted molar refractivity (Wildman–Crippen MR) is 69.9 cm³/mol. The van der Waals surface area contributed by atoms with Crippen molar-refractivity contribution >= 4 is 57.4 Å². The van der Waals surface area contributed by atoms with Crippen molar-refractivity contribution in [2.24, 2.45) is 4.99 Å². The number of amidine groups is 1. The summed E-state index contributed by atoms with van der Waals surface area (Å²) in [5, 5.41) is 5.47. The van der Waals surface area contributed by atoms with Gasteiger partial charge in [-0.3, -0.25) is 4.99 Å². The summed E-state index contributed by atoms with van der Waals surface area (Å²) < 4.78 is 0. The van der Waals surface area contributed by atoms with Gasteiger partial charge in [0.2, 0.25) is 0 Å². The van der Waals surface area contributed by atoms with Crippen LogP contribution in [0.5, 0.6) is 0 Å². The van der Waals surface area contributed by atoms with Crippen LogP contribution in [0.15, 0.2) is 17.1 Å². The summed E-state index contributed by atoms with van der Waals surface area (Å²) in [4.78, 5) is 4.25. The zero-order valence-electron chi connectivity index (χ0n) is 7.56. The third-order valence-corrected chi connectivity index (χ3v) is 3.53. The van der Waals surface area contributed by atoms with Crippen LogP contribution in [0.4, 0.5) is 5.69 Å². The fourth-order valence-electron chi connectivity index (χ4n) is 1.18. The van der Waals surface area contributed by atoms with Crippen LogP contribution in [0.25, 0.3) is 0 Å². The van der Waals surface area contributed by atoms with Crippen LogP contribution in [-0.2, 0) is 0 Å². The Labute approximate surface area is 107 Å². The van der Waals surface area contributed by atoms with E-state index in [0.717, 1.165) is 17.5 Å². The van der Waals surface area contributed by atoms with Crippen LogP contribution in [0, 0.1) is 0 Å². The lowest BCUT2D eigenvalue weighted by molar-refractivity contribution is 1.17. The molecule has 1 aromatic carbocycles. The van der Waals surface area contributed by atoms with Gasteiger partial charge in [-0.15, -0.1) is 0 Å². The Bertz CT molecular complexity index is 397. The Morgan fingerprint density at radius 3 is 2.40 bits per heavy atom. The summed E-state index contributed by atoms with van der Waals surface area (Å²) in [7, 11) is 0. The highest BCUT2D eigenvalue weighted by Crippen LogP contribution is 2.34. The lowest BCUT2D eigenvalue weighted by Crippen LogP contribution is -2.05. The lowest BCUT2D eigenvalue weighted by atomic mass is 10.3. The van der Waals surface area contributed by atoms with Gasteiger partial charge in [-0.2, -0.15) is 0 Å². The van der Waals surface area contributed by atoms with E-state index in [0.29, 0.717) is 20.8 Å². The van der Waals surface area contributed by atoms with Crippen molar-refractivity contribution in [1.29, 1.82) is 0 Å². The Balaban J connectivity index is 2.27. The van der Waals surface area contributed by atoms with Gasteiger partial charge in [-0.1, -0.05) is 46.6 Å². The molecule has 0 bridgehead atoms. The zero-order chi connectivity index (χ0) is 10.8. The van der Waals surface area contributed by atoms with E-state index in [2.05, 4.69) is 10.3 Å². The summed E-state index contributed by atoms with van der Waals surface area (Å²) in [5.74, 6) is 0.991. The highest BCUT2D eigenvalue weighted by molar-refractivity contribution is 8.14. The first-order valence-corrected chi connectivity index (χ1v) is 6.37. The molecule has 0 aromatic heterocycles. The largest absolute Gasteiger partial charge is 0.333 e. The molecule has 1 aromatic rings. The van der Waals surface area contributed by atoms with Gasteiger partial charge >= 0.3 is 0 Å². The molecule has 2 nitrogen and oxygen atoms in total. The highest BCUT2D eigenvalue weighted by atomic mass is 35.5. The molecule has 1 N–H and O–H groups in total. The van der Waals surface area contributed by atoms with Crippen LogP contribution in [0.2, 0.25) is 15.1 Å². The Morgan fingerprint density at radius 1 is 1.20 bits per heavy atom. The number of anilines is 1. The van der Waals surface area contributed by atoms with E-state index in [1.807, 2.05) is 0 Å². The number of hydrogen-bond acceptors (Lipinski definition) is 3. The van der Waals surface area contributed by atoms with Crippen LogP contribution in [-0.4, -0.2) is 17.5 Å². The minimum Gasteiger partial charge on any atom is -0.333 e. The fourth-order valence-corrected chi connectivity index (χ4v) is 2.82. The van der Waals surface area contributed by atoms with Gasteiger partial charge in [0.15, 0.2) is 5.17 Å². The molecule has 15 heavy (non-hydrogen) atoms. The van der Waals surface area contributed by atoms with Crippen LogP contribution >= 0.6 is 46.6 Å². The first-order valence-electron chi connectivity index (χ1n) is 4.25. The molecular weight excluding hydrogens is 275 g/mol. The van der Waals surface area contributed by atoms with E-state index in [1.165, 1.54) is 0 Å². The molecule has 2 rings (SSSR count). The van der Waals surface area contributed by atoms with Crippen molar-refractivity contribution in [2.75, 3.05) is 17.6 Å². The first-order chi connectivity index (χ1) is 7.16. The number of nitrogens with one attached hydrogen (secondary N) is 1. The maximum absolute atomic E-state index is 6.02. The van der Waals surface area contributed by atoms with E-state index in [4.69, 9.17) is 34.8 Å². The molecule has 1 aliphatic heterocycles. The summed E-state index contributed by atoms with van der Waals surface area (Å²) in [6.07, 6.45) is 0. The van der Waals surface area contributed by atoms with Gasteiger partial charge in [-0.25, -0.2) is 0 Å². The summed E-state index contributed by atoms with van der Waals surface area (Å²) in [6, 6.07) is 3.30. The number of benzene rings is 1. The van der Waals surface area contributed by atoms with Crippen molar-refractivity contribution in [2.45, 2.75) is 0 Å². The fraction of sp³-hybridized carbons (Fsp3) is 0.222. The Morgan fingerprint density at radius 2 is 1.87 bits per heavy atom. The standard InChI is InChI=1S/C9H7Cl3N2S/c10-5-3-6(11)8(7(12)4-5)14-9-13-1-2-15-9/h3-4H,1-2H2,(H,13,14). The van der Waals surface area contributed by atoms with Crippen LogP contribution < -0.4 is 5.32 Å². The Kier molecular flexibility index (Phi) is 3.67.